The van der Waals surface area contributed by atoms with Crippen molar-refractivity contribution < 1.29 is 9.21 Å². The third-order valence-corrected chi connectivity index (χ3v) is 1.55. The summed E-state index contributed by atoms with van der Waals surface area (Å²) in [6, 6.07) is 1.66. The smallest absolute Gasteiger partial charge is 0.179 e. The molecule has 1 rings (SSSR count). The molecule has 60 valence electrons. The van der Waals surface area contributed by atoms with E-state index in [9.17, 15) is 4.79 Å². The number of carbonyl (C=O) groups excluding carboxylic acids is 1. The highest BCUT2D eigenvalue weighted by atomic mass is 16.3. The summed E-state index contributed by atoms with van der Waals surface area (Å²) in [5, 5.41) is 0. The lowest BCUT2D eigenvalue weighted by Gasteiger charge is -1.94. The number of hydrogen-bond donors (Lipinski definition) is 1. The summed E-state index contributed by atoms with van der Waals surface area (Å²) in [6.07, 6.45) is 2.25. The Morgan fingerprint density at radius 2 is 2.45 bits per heavy atom. The Morgan fingerprint density at radius 3 is 3.00 bits per heavy atom. The number of nitrogens with two attached hydrogens (primary N) is 1. The summed E-state index contributed by atoms with van der Waals surface area (Å²) in [5.74, 6) is 0.663. The molecular formula is C8H11NO2. The van der Waals surface area contributed by atoms with Crippen LogP contribution in [0.5, 0.6) is 0 Å². The number of rotatable bonds is 3. The predicted octanol–water partition coefficient (Wildman–Crippen LogP) is 0.983. The van der Waals surface area contributed by atoms with Gasteiger partial charge in [0.05, 0.1) is 18.4 Å². The number of aryl methyl sites for hydroxylation is 1. The van der Waals surface area contributed by atoms with E-state index in [1.165, 1.54) is 6.26 Å². The van der Waals surface area contributed by atoms with Crippen LogP contribution in [0.25, 0.3) is 0 Å². The quantitative estimate of drug-likeness (QED) is 0.658. The molecule has 0 saturated carbocycles. The topological polar surface area (TPSA) is 56.2 Å². The van der Waals surface area contributed by atoms with Gasteiger partial charge in [0.15, 0.2) is 5.78 Å². The summed E-state index contributed by atoms with van der Waals surface area (Å²) in [4.78, 5) is 11.1. The number of ketones is 1. The molecule has 1 aromatic heterocycles. The highest BCUT2D eigenvalue weighted by molar-refractivity contribution is 5.98. The van der Waals surface area contributed by atoms with Gasteiger partial charge < -0.3 is 10.2 Å². The molecule has 0 radical (unpaired) electrons. The minimum Gasteiger partial charge on any atom is -0.469 e. The van der Waals surface area contributed by atoms with Gasteiger partial charge in [-0.05, 0) is 6.07 Å². The SMILES string of the molecule is CCc1occc1C(=O)CN. The number of Topliss-reactive ketones (excluding diaryl/α,β-unsaturated/α-hetero) is 1. The third kappa shape index (κ3) is 1.49. The maximum atomic E-state index is 11.1. The van der Waals surface area contributed by atoms with Crippen LogP contribution in [0.15, 0.2) is 16.7 Å². The van der Waals surface area contributed by atoms with Gasteiger partial charge in [-0.1, -0.05) is 6.92 Å². The molecule has 11 heavy (non-hydrogen) atoms. The van der Waals surface area contributed by atoms with E-state index in [0.29, 0.717) is 5.56 Å². The molecule has 0 aliphatic heterocycles. The Hall–Kier alpha value is -1.09. The van der Waals surface area contributed by atoms with E-state index in [4.69, 9.17) is 10.2 Å². The van der Waals surface area contributed by atoms with Crippen LogP contribution >= 0.6 is 0 Å². The van der Waals surface area contributed by atoms with Crippen LogP contribution in [-0.2, 0) is 6.42 Å². The van der Waals surface area contributed by atoms with Crippen molar-refractivity contribution in [3.05, 3.63) is 23.7 Å². The van der Waals surface area contributed by atoms with Crippen molar-refractivity contribution in [1.29, 1.82) is 0 Å². The molecule has 0 unspecified atom stereocenters. The van der Waals surface area contributed by atoms with Crippen molar-refractivity contribution in [3.63, 3.8) is 0 Å². The van der Waals surface area contributed by atoms with Crippen LogP contribution in [-0.4, -0.2) is 12.3 Å². The molecule has 0 bridgehead atoms. The van der Waals surface area contributed by atoms with E-state index < -0.39 is 0 Å². The van der Waals surface area contributed by atoms with Crippen LogP contribution in [0.4, 0.5) is 0 Å². The predicted molar refractivity (Wildman–Crippen MR) is 41.5 cm³/mol. The van der Waals surface area contributed by atoms with Gasteiger partial charge in [0.25, 0.3) is 0 Å². The van der Waals surface area contributed by atoms with Crippen LogP contribution in [0.2, 0.25) is 0 Å². The highest BCUT2D eigenvalue weighted by Crippen LogP contribution is 2.10. The van der Waals surface area contributed by atoms with Gasteiger partial charge in [-0.3, -0.25) is 4.79 Å². The van der Waals surface area contributed by atoms with Crippen molar-refractivity contribution >= 4 is 5.78 Å². The number of hydrogen-bond acceptors (Lipinski definition) is 3. The van der Waals surface area contributed by atoms with E-state index in [0.717, 1.165) is 12.2 Å². The van der Waals surface area contributed by atoms with Crippen LogP contribution < -0.4 is 5.73 Å². The fourth-order valence-electron chi connectivity index (χ4n) is 0.973. The Morgan fingerprint density at radius 1 is 1.73 bits per heavy atom. The lowest BCUT2D eigenvalue weighted by molar-refractivity contribution is 0.0999. The lowest BCUT2D eigenvalue weighted by atomic mass is 10.1. The Balaban J connectivity index is 2.92. The molecule has 0 atom stereocenters. The summed E-state index contributed by atoms with van der Waals surface area (Å²) in [7, 11) is 0. The number of carbonyl (C=O) groups is 1. The fourth-order valence-corrected chi connectivity index (χ4v) is 0.973. The fraction of sp³-hybridized carbons (Fsp3) is 0.375. The molecule has 0 aliphatic carbocycles. The van der Waals surface area contributed by atoms with Crippen LogP contribution in [0.3, 0.4) is 0 Å². The molecule has 0 aliphatic rings. The largest absolute Gasteiger partial charge is 0.469 e. The second kappa shape index (κ2) is 3.34. The average molecular weight is 153 g/mol. The monoisotopic (exact) mass is 153 g/mol. The standard InChI is InChI=1S/C8H11NO2/c1-2-8-6(3-4-11-8)7(10)5-9/h3-4H,2,5,9H2,1H3. The van der Waals surface area contributed by atoms with Gasteiger partial charge in [0, 0.05) is 6.42 Å². The Kier molecular flexibility index (Phi) is 2.44. The van der Waals surface area contributed by atoms with Crippen LogP contribution in [0.1, 0.15) is 23.0 Å². The summed E-state index contributed by atoms with van der Waals surface area (Å²) >= 11 is 0. The molecule has 1 heterocycles. The van der Waals surface area contributed by atoms with Gasteiger partial charge in [0.2, 0.25) is 0 Å². The van der Waals surface area contributed by atoms with Gasteiger partial charge >= 0.3 is 0 Å². The minimum absolute atomic E-state index is 0.0481. The molecule has 3 nitrogen and oxygen atoms in total. The Labute approximate surface area is 65.2 Å². The Bertz CT molecular complexity index is 252. The molecule has 2 N–H and O–H groups in total. The number of furan rings is 1. The molecule has 0 spiro atoms. The van der Waals surface area contributed by atoms with Crippen molar-refractivity contribution in [2.45, 2.75) is 13.3 Å². The van der Waals surface area contributed by atoms with Gasteiger partial charge in [-0.2, -0.15) is 0 Å². The van der Waals surface area contributed by atoms with Crippen molar-refractivity contribution in [2.75, 3.05) is 6.54 Å². The van der Waals surface area contributed by atoms with Crippen molar-refractivity contribution in [1.82, 2.24) is 0 Å². The molecule has 0 saturated heterocycles. The van der Waals surface area contributed by atoms with E-state index in [2.05, 4.69) is 0 Å². The van der Waals surface area contributed by atoms with Gasteiger partial charge in [-0.25, -0.2) is 0 Å². The zero-order valence-electron chi connectivity index (χ0n) is 6.46. The summed E-state index contributed by atoms with van der Waals surface area (Å²) < 4.78 is 5.06. The molecule has 0 amide bonds. The first-order valence-electron chi connectivity index (χ1n) is 3.59. The summed E-state index contributed by atoms with van der Waals surface area (Å²) in [6.45, 7) is 1.98. The molecule has 0 fully saturated rings. The van der Waals surface area contributed by atoms with E-state index in [-0.39, 0.29) is 12.3 Å². The normalized spacial score (nSPS) is 10.0. The lowest BCUT2D eigenvalue weighted by Crippen LogP contribution is -2.14. The van der Waals surface area contributed by atoms with Crippen molar-refractivity contribution in [2.24, 2.45) is 5.73 Å². The van der Waals surface area contributed by atoms with E-state index >= 15 is 0 Å². The molecular weight excluding hydrogens is 142 g/mol. The second-order valence-electron chi connectivity index (χ2n) is 2.24. The summed E-state index contributed by atoms with van der Waals surface area (Å²) in [5.41, 5.74) is 5.82. The van der Waals surface area contributed by atoms with E-state index in [1.807, 2.05) is 6.92 Å². The van der Waals surface area contributed by atoms with Crippen LogP contribution in [0, 0.1) is 0 Å². The maximum Gasteiger partial charge on any atom is 0.179 e. The second-order valence-corrected chi connectivity index (χ2v) is 2.24. The molecule has 3 heteroatoms. The zero-order valence-corrected chi connectivity index (χ0v) is 6.46. The molecule has 1 aromatic rings. The first-order chi connectivity index (χ1) is 5.29. The third-order valence-electron chi connectivity index (χ3n) is 1.55. The van der Waals surface area contributed by atoms with E-state index in [1.54, 1.807) is 6.07 Å². The van der Waals surface area contributed by atoms with Gasteiger partial charge in [-0.15, -0.1) is 0 Å². The van der Waals surface area contributed by atoms with Crippen molar-refractivity contribution in [3.8, 4) is 0 Å². The highest BCUT2D eigenvalue weighted by Gasteiger charge is 2.10. The first kappa shape index (κ1) is 8.01. The average Bonchev–Trinajstić information content (AvgIpc) is 2.50. The zero-order chi connectivity index (χ0) is 8.27. The molecule has 0 aromatic carbocycles. The maximum absolute atomic E-state index is 11.1. The first-order valence-corrected chi connectivity index (χ1v) is 3.59. The minimum atomic E-state index is -0.0596. The van der Waals surface area contributed by atoms with Gasteiger partial charge in [0.1, 0.15) is 5.76 Å².